The van der Waals surface area contributed by atoms with Crippen LogP contribution in [0.2, 0.25) is 0 Å². The summed E-state index contributed by atoms with van der Waals surface area (Å²) in [6.07, 6.45) is 3.53. The Balaban J connectivity index is 1.83. The highest BCUT2D eigenvalue weighted by molar-refractivity contribution is 7.10. The largest absolute Gasteiger partial charge is 0.377 e. The first kappa shape index (κ1) is 13.5. The van der Waals surface area contributed by atoms with E-state index in [4.69, 9.17) is 4.74 Å². The van der Waals surface area contributed by atoms with Crippen molar-refractivity contribution in [3.63, 3.8) is 0 Å². The van der Waals surface area contributed by atoms with Crippen molar-refractivity contribution in [3.8, 4) is 0 Å². The fraction of sp³-hybridized carbons (Fsp3) is 0.615. The molecular weight excluding hydrogens is 248 g/mol. The summed E-state index contributed by atoms with van der Waals surface area (Å²) < 4.78 is 5.56. The molecule has 1 aliphatic carbocycles. The monoisotopic (exact) mass is 268 g/mol. The first-order valence-electron chi connectivity index (χ1n) is 6.25. The van der Waals surface area contributed by atoms with Gasteiger partial charge in [0.05, 0.1) is 11.3 Å². The molecule has 2 N–H and O–H groups in total. The molecule has 5 heteroatoms. The van der Waals surface area contributed by atoms with Crippen LogP contribution in [0, 0.1) is 0 Å². The lowest BCUT2D eigenvalue weighted by atomic mass is 9.80. The molecule has 1 aromatic heterocycles. The van der Waals surface area contributed by atoms with Crippen molar-refractivity contribution in [2.75, 3.05) is 19.0 Å². The fourth-order valence-electron chi connectivity index (χ4n) is 2.21. The predicted octanol–water partition coefficient (Wildman–Crippen LogP) is 2.37. The highest BCUT2D eigenvalue weighted by Crippen LogP contribution is 2.34. The molecule has 0 saturated heterocycles. The van der Waals surface area contributed by atoms with Crippen LogP contribution in [0.1, 0.15) is 31.1 Å². The summed E-state index contributed by atoms with van der Waals surface area (Å²) >= 11 is 1.66. The number of methoxy groups -OCH3 is 1. The van der Waals surface area contributed by atoms with E-state index < -0.39 is 0 Å². The lowest BCUT2D eigenvalue weighted by molar-refractivity contribution is -0.114. The van der Waals surface area contributed by atoms with Gasteiger partial charge in [0.25, 0.3) is 0 Å². The maximum atomic E-state index is 11.1. The van der Waals surface area contributed by atoms with Gasteiger partial charge in [-0.05, 0) is 30.7 Å². The molecule has 0 unspecified atom stereocenters. The molecule has 0 bridgehead atoms. The van der Waals surface area contributed by atoms with Crippen molar-refractivity contribution in [3.05, 3.63) is 16.3 Å². The molecule has 1 amide bonds. The van der Waals surface area contributed by atoms with Crippen LogP contribution in [0.25, 0.3) is 0 Å². The summed E-state index contributed by atoms with van der Waals surface area (Å²) in [5.74, 6) is -0.0259. The molecule has 1 aromatic rings. The van der Waals surface area contributed by atoms with E-state index in [9.17, 15) is 4.79 Å². The van der Waals surface area contributed by atoms with Crippen LogP contribution in [0.4, 0.5) is 5.69 Å². The molecule has 4 nitrogen and oxygen atoms in total. The summed E-state index contributed by atoms with van der Waals surface area (Å²) in [5.41, 5.74) is 0.964. The van der Waals surface area contributed by atoms with Gasteiger partial charge in [0.1, 0.15) is 0 Å². The standard InChI is InChI=1S/C13H20N2O2S/c1-10(16)15-11-4-7-18-12(11)8-14-9-13(17-2)5-3-6-13/h4,7,14H,3,5-6,8-9H2,1-2H3,(H,15,16). The summed E-state index contributed by atoms with van der Waals surface area (Å²) in [6.45, 7) is 3.18. The molecule has 100 valence electrons. The van der Waals surface area contributed by atoms with Crippen LogP contribution < -0.4 is 10.6 Å². The number of ether oxygens (including phenoxy) is 1. The van der Waals surface area contributed by atoms with Crippen LogP contribution in [-0.4, -0.2) is 25.2 Å². The minimum Gasteiger partial charge on any atom is -0.377 e. The second kappa shape index (κ2) is 5.82. The molecule has 0 aliphatic heterocycles. The predicted molar refractivity (Wildman–Crippen MR) is 73.9 cm³/mol. The average Bonchev–Trinajstić information content (AvgIpc) is 2.69. The number of carbonyl (C=O) groups is 1. The fourth-order valence-corrected chi connectivity index (χ4v) is 3.01. The van der Waals surface area contributed by atoms with Gasteiger partial charge in [-0.3, -0.25) is 4.79 Å². The third-order valence-electron chi connectivity index (χ3n) is 3.49. The van der Waals surface area contributed by atoms with Gasteiger partial charge in [-0.15, -0.1) is 11.3 Å². The minimum absolute atomic E-state index is 0.0259. The average molecular weight is 268 g/mol. The van der Waals surface area contributed by atoms with E-state index in [0.29, 0.717) is 0 Å². The van der Waals surface area contributed by atoms with E-state index >= 15 is 0 Å². The van der Waals surface area contributed by atoms with Gasteiger partial charge in [-0.25, -0.2) is 0 Å². The molecule has 18 heavy (non-hydrogen) atoms. The quantitative estimate of drug-likeness (QED) is 0.832. The van der Waals surface area contributed by atoms with Gasteiger partial charge in [-0.2, -0.15) is 0 Å². The Labute approximate surface area is 112 Å². The van der Waals surface area contributed by atoms with Crippen molar-refractivity contribution in [2.45, 2.75) is 38.3 Å². The number of carbonyl (C=O) groups excluding carboxylic acids is 1. The van der Waals surface area contributed by atoms with Crippen LogP contribution >= 0.6 is 11.3 Å². The van der Waals surface area contributed by atoms with Crippen molar-refractivity contribution in [1.82, 2.24) is 5.32 Å². The summed E-state index contributed by atoms with van der Waals surface area (Å²) in [6, 6.07) is 1.94. The molecule has 0 radical (unpaired) electrons. The summed E-state index contributed by atoms with van der Waals surface area (Å²) in [7, 11) is 1.79. The van der Waals surface area contributed by atoms with E-state index in [-0.39, 0.29) is 11.5 Å². The zero-order valence-corrected chi connectivity index (χ0v) is 11.7. The van der Waals surface area contributed by atoms with Gasteiger partial charge in [0.2, 0.25) is 5.91 Å². The molecule has 1 saturated carbocycles. The topological polar surface area (TPSA) is 50.4 Å². The Morgan fingerprint density at radius 1 is 1.56 bits per heavy atom. The van der Waals surface area contributed by atoms with Crippen LogP contribution in [-0.2, 0) is 16.1 Å². The van der Waals surface area contributed by atoms with E-state index in [1.165, 1.54) is 13.3 Å². The number of thiophene rings is 1. The highest BCUT2D eigenvalue weighted by atomic mass is 32.1. The van der Waals surface area contributed by atoms with Crippen LogP contribution in [0.15, 0.2) is 11.4 Å². The van der Waals surface area contributed by atoms with Crippen molar-refractivity contribution in [1.29, 1.82) is 0 Å². The maximum absolute atomic E-state index is 11.1. The Hall–Kier alpha value is -0.910. The Kier molecular flexibility index (Phi) is 4.37. The summed E-state index contributed by atoms with van der Waals surface area (Å²) in [4.78, 5) is 12.2. The second-order valence-corrected chi connectivity index (χ2v) is 5.78. The van der Waals surface area contributed by atoms with Crippen LogP contribution in [0.3, 0.4) is 0 Å². The minimum atomic E-state index is -0.0259. The molecule has 1 fully saturated rings. The third-order valence-corrected chi connectivity index (χ3v) is 4.41. The number of hydrogen-bond acceptors (Lipinski definition) is 4. The smallest absolute Gasteiger partial charge is 0.221 e. The van der Waals surface area contributed by atoms with E-state index in [1.807, 2.05) is 11.4 Å². The van der Waals surface area contributed by atoms with Crippen LogP contribution in [0.5, 0.6) is 0 Å². The number of amides is 1. The van der Waals surface area contributed by atoms with E-state index in [2.05, 4.69) is 10.6 Å². The maximum Gasteiger partial charge on any atom is 0.221 e. The molecule has 1 heterocycles. The first-order valence-corrected chi connectivity index (χ1v) is 7.13. The first-order chi connectivity index (χ1) is 8.65. The molecule has 0 aromatic carbocycles. The van der Waals surface area contributed by atoms with Gasteiger partial charge >= 0.3 is 0 Å². The molecular formula is C13H20N2O2S. The second-order valence-electron chi connectivity index (χ2n) is 4.78. The summed E-state index contributed by atoms with van der Waals surface area (Å²) in [5, 5.41) is 8.27. The number of nitrogens with one attached hydrogen (secondary N) is 2. The number of hydrogen-bond donors (Lipinski definition) is 2. The van der Waals surface area contributed by atoms with Gasteiger partial charge in [-0.1, -0.05) is 0 Å². The molecule has 2 rings (SSSR count). The van der Waals surface area contributed by atoms with Crippen molar-refractivity contribution >= 4 is 22.9 Å². The zero-order valence-electron chi connectivity index (χ0n) is 10.9. The number of rotatable bonds is 6. The van der Waals surface area contributed by atoms with Gasteiger partial charge < -0.3 is 15.4 Å². The van der Waals surface area contributed by atoms with Crippen molar-refractivity contribution < 1.29 is 9.53 Å². The Morgan fingerprint density at radius 3 is 2.89 bits per heavy atom. The normalized spacial score (nSPS) is 17.2. The molecule has 0 spiro atoms. The Bertz CT molecular complexity index is 407. The SMILES string of the molecule is COC1(CNCc2sccc2NC(C)=O)CCC1. The van der Waals surface area contributed by atoms with E-state index in [0.717, 1.165) is 36.5 Å². The Morgan fingerprint density at radius 2 is 2.33 bits per heavy atom. The lowest BCUT2D eigenvalue weighted by Crippen LogP contribution is -2.47. The molecule has 1 aliphatic rings. The zero-order chi connectivity index (χ0) is 13.0. The number of anilines is 1. The van der Waals surface area contributed by atoms with Gasteiger partial charge in [0.15, 0.2) is 0 Å². The van der Waals surface area contributed by atoms with Crippen molar-refractivity contribution in [2.24, 2.45) is 0 Å². The lowest BCUT2D eigenvalue weighted by Gasteiger charge is -2.40. The third kappa shape index (κ3) is 3.10. The van der Waals surface area contributed by atoms with Gasteiger partial charge in [0, 0.05) is 32.0 Å². The highest BCUT2D eigenvalue weighted by Gasteiger charge is 2.36. The molecule has 0 atom stereocenters. The van der Waals surface area contributed by atoms with E-state index in [1.54, 1.807) is 18.4 Å².